The monoisotopic (exact) mass is 691 g/mol. The summed E-state index contributed by atoms with van der Waals surface area (Å²) in [5.41, 5.74) is 11.0. The summed E-state index contributed by atoms with van der Waals surface area (Å²) in [7, 11) is 3.66. The van der Waals surface area contributed by atoms with Gasteiger partial charge in [-0.3, -0.25) is 9.67 Å². The van der Waals surface area contributed by atoms with Gasteiger partial charge in [0.05, 0.1) is 18.8 Å². The predicted octanol–water partition coefficient (Wildman–Crippen LogP) is 12.9. The maximum absolute atomic E-state index is 14.2. The second kappa shape index (κ2) is 17.6. The lowest BCUT2D eigenvalue weighted by molar-refractivity contribution is 0.416. The molecule has 52 heavy (non-hydrogen) atoms. The number of benzene rings is 5. The minimum Gasteiger partial charge on any atom is -0.496 e. The van der Waals surface area contributed by atoms with Gasteiger partial charge >= 0.3 is 0 Å². The van der Waals surface area contributed by atoms with Crippen molar-refractivity contribution in [1.82, 2.24) is 14.8 Å². The van der Waals surface area contributed by atoms with E-state index in [1.165, 1.54) is 33.2 Å². The molecule has 0 atom stereocenters. The van der Waals surface area contributed by atoms with Gasteiger partial charge in [-0.2, -0.15) is 5.10 Å². The smallest absolute Gasteiger partial charge is 0.134 e. The summed E-state index contributed by atoms with van der Waals surface area (Å²) >= 11 is 0. The Kier molecular flexibility index (Phi) is 12.8. The molecule has 0 saturated heterocycles. The van der Waals surface area contributed by atoms with Gasteiger partial charge in [0.15, 0.2) is 0 Å². The summed E-state index contributed by atoms with van der Waals surface area (Å²) in [5.74, 6) is 2.06. The molecule has 0 aliphatic rings. The molecule has 4 nitrogen and oxygen atoms in total. The molecular weight excluding hydrogens is 642 g/mol. The number of rotatable bonds is 7. The molecule has 266 valence electrons. The number of hydrogen-bond donors (Lipinski definition) is 0. The normalized spacial score (nSPS) is 10.9. The highest BCUT2D eigenvalue weighted by molar-refractivity contribution is 5.84. The third kappa shape index (κ3) is 9.21. The Morgan fingerprint density at radius 2 is 1.19 bits per heavy atom. The van der Waals surface area contributed by atoms with Crippen LogP contribution in [0.4, 0.5) is 4.39 Å². The molecule has 0 amide bonds. The Balaban J connectivity index is 0.000000151. The van der Waals surface area contributed by atoms with Crippen molar-refractivity contribution in [3.05, 3.63) is 162 Å². The first-order chi connectivity index (χ1) is 25.1. The molecule has 7 rings (SSSR count). The maximum Gasteiger partial charge on any atom is 0.134 e. The topological polar surface area (TPSA) is 39.9 Å². The van der Waals surface area contributed by atoms with Gasteiger partial charge in [-0.15, -0.1) is 0 Å². The van der Waals surface area contributed by atoms with E-state index in [1.54, 1.807) is 13.3 Å². The summed E-state index contributed by atoms with van der Waals surface area (Å²) in [5, 5.41) is 5.48. The Morgan fingerprint density at radius 1 is 0.577 bits per heavy atom. The van der Waals surface area contributed by atoms with Crippen molar-refractivity contribution in [3.63, 3.8) is 0 Å². The fraction of sp³-hybridized carbons (Fsp3) is 0.234. The van der Waals surface area contributed by atoms with Crippen molar-refractivity contribution < 1.29 is 9.13 Å². The minimum atomic E-state index is -0.0938. The molecule has 0 spiro atoms. The average molecular weight is 692 g/mol. The molecule has 2 aromatic heterocycles. The van der Waals surface area contributed by atoms with E-state index in [4.69, 9.17) is 4.74 Å². The van der Waals surface area contributed by atoms with Crippen LogP contribution in [-0.2, 0) is 7.05 Å². The first-order valence-corrected chi connectivity index (χ1v) is 18.0. The first kappa shape index (κ1) is 37.7. The Bertz CT molecular complexity index is 2200. The molecule has 0 radical (unpaired) electrons. The maximum atomic E-state index is 14.2. The number of fused-ring (bicyclic) bond motifs is 1. The third-order valence-corrected chi connectivity index (χ3v) is 9.23. The van der Waals surface area contributed by atoms with E-state index in [1.807, 2.05) is 92.6 Å². The van der Waals surface area contributed by atoms with E-state index in [0.717, 1.165) is 28.0 Å². The number of nitrogens with zero attached hydrogens (tertiary/aromatic N) is 3. The molecule has 0 bridgehead atoms. The van der Waals surface area contributed by atoms with Crippen molar-refractivity contribution in [1.29, 1.82) is 0 Å². The molecule has 0 fully saturated rings. The van der Waals surface area contributed by atoms with Crippen LogP contribution in [0.3, 0.4) is 0 Å². The van der Waals surface area contributed by atoms with Gasteiger partial charge in [0.2, 0.25) is 0 Å². The Morgan fingerprint density at radius 3 is 1.85 bits per heavy atom. The number of aryl methyl sites for hydroxylation is 1. The molecule has 0 aliphatic carbocycles. The fourth-order valence-corrected chi connectivity index (χ4v) is 6.10. The number of aromatic nitrogens is 3. The van der Waals surface area contributed by atoms with Gasteiger partial charge in [0.25, 0.3) is 0 Å². The van der Waals surface area contributed by atoms with Crippen LogP contribution >= 0.6 is 0 Å². The van der Waals surface area contributed by atoms with Gasteiger partial charge < -0.3 is 4.74 Å². The summed E-state index contributed by atoms with van der Waals surface area (Å²) in [6, 6.07) is 41.0. The summed E-state index contributed by atoms with van der Waals surface area (Å²) in [6.07, 6.45) is 5.51. The van der Waals surface area contributed by atoms with E-state index >= 15 is 0 Å². The van der Waals surface area contributed by atoms with Gasteiger partial charge in [0.1, 0.15) is 11.6 Å². The van der Waals surface area contributed by atoms with Crippen molar-refractivity contribution in [3.8, 4) is 39.1 Å². The van der Waals surface area contributed by atoms with Crippen molar-refractivity contribution in [2.24, 2.45) is 7.05 Å². The number of ether oxygens (including phenoxy) is 1. The standard InChI is InChI=1S/C17H18N2.C15H15F.C15H17NO/c1-12(2)13-5-4-6-14(9-13)15-7-8-17-16(10-15)11-18-19(17)3;1-11(2)13-9-6-10-14(15(13)16)12-7-4-3-5-8-12;1-11(2)12-5-4-6-13(9-12)14-10-16-8-7-15(14)17-3/h4-12H,1-3H3;3-11H,1-2H3;4-11H,1-3H3. The first-order valence-electron chi connectivity index (χ1n) is 18.0. The predicted molar refractivity (Wildman–Crippen MR) is 216 cm³/mol. The van der Waals surface area contributed by atoms with E-state index in [9.17, 15) is 4.39 Å². The second-order valence-electron chi connectivity index (χ2n) is 13.9. The summed E-state index contributed by atoms with van der Waals surface area (Å²) in [4.78, 5) is 4.16. The van der Waals surface area contributed by atoms with Crippen LogP contribution in [0.2, 0.25) is 0 Å². The highest BCUT2D eigenvalue weighted by Gasteiger charge is 2.12. The molecule has 0 unspecified atom stereocenters. The zero-order chi connectivity index (χ0) is 37.2. The molecule has 2 heterocycles. The van der Waals surface area contributed by atoms with E-state index in [-0.39, 0.29) is 11.7 Å². The molecule has 5 heteroatoms. The number of methoxy groups -OCH3 is 1. The van der Waals surface area contributed by atoms with Crippen LogP contribution in [-0.4, -0.2) is 21.9 Å². The van der Waals surface area contributed by atoms with E-state index in [0.29, 0.717) is 17.4 Å². The number of pyridine rings is 1. The van der Waals surface area contributed by atoms with Crippen molar-refractivity contribution in [2.45, 2.75) is 59.3 Å². The zero-order valence-electron chi connectivity index (χ0n) is 31.6. The third-order valence-electron chi connectivity index (χ3n) is 9.23. The van der Waals surface area contributed by atoms with Crippen LogP contribution in [0.25, 0.3) is 44.3 Å². The lowest BCUT2D eigenvalue weighted by Gasteiger charge is -2.10. The number of halogens is 1. The highest BCUT2D eigenvalue weighted by Crippen LogP contribution is 2.31. The lowest BCUT2D eigenvalue weighted by atomic mass is 9.96. The highest BCUT2D eigenvalue weighted by atomic mass is 19.1. The molecule has 0 aliphatic heterocycles. The summed E-state index contributed by atoms with van der Waals surface area (Å²) < 4.78 is 21.5. The SMILES string of the molecule is CC(C)c1cccc(-c2ccc3c(cnn3C)c2)c1.CC(C)c1cccc(-c2ccccc2)c1F.COc1ccncc1-c1cccc(C(C)C)c1. The van der Waals surface area contributed by atoms with Crippen molar-refractivity contribution >= 4 is 10.9 Å². The molecule has 0 N–H and O–H groups in total. The average Bonchev–Trinajstić information content (AvgIpc) is 3.55. The fourth-order valence-electron chi connectivity index (χ4n) is 6.10. The molecule has 0 saturated carbocycles. The Labute approximate surface area is 309 Å². The van der Waals surface area contributed by atoms with Crippen LogP contribution in [0.1, 0.15) is 76.0 Å². The van der Waals surface area contributed by atoms with Crippen molar-refractivity contribution in [2.75, 3.05) is 7.11 Å². The lowest BCUT2D eigenvalue weighted by Crippen LogP contribution is -1.95. The van der Waals surface area contributed by atoms with Gasteiger partial charge in [-0.1, -0.05) is 145 Å². The largest absolute Gasteiger partial charge is 0.496 e. The van der Waals surface area contributed by atoms with Crippen LogP contribution in [0.15, 0.2) is 140 Å². The zero-order valence-corrected chi connectivity index (χ0v) is 31.6. The van der Waals surface area contributed by atoms with Gasteiger partial charge in [-0.05, 0) is 74.9 Å². The summed E-state index contributed by atoms with van der Waals surface area (Å²) in [6.45, 7) is 12.9. The van der Waals surface area contributed by atoms with Crippen LogP contribution < -0.4 is 4.74 Å². The van der Waals surface area contributed by atoms with Crippen LogP contribution in [0.5, 0.6) is 5.75 Å². The molecule has 5 aromatic carbocycles. The number of hydrogen-bond acceptors (Lipinski definition) is 3. The van der Waals surface area contributed by atoms with Gasteiger partial charge in [-0.25, -0.2) is 4.39 Å². The van der Waals surface area contributed by atoms with E-state index < -0.39 is 0 Å². The second-order valence-corrected chi connectivity index (χ2v) is 13.9. The van der Waals surface area contributed by atoms with Gasteiger partial charge in [0, 0.05) is 36.0 Å². The van der Waals surface area contributed by atoms with E-state index in [2.05, 4.69) is 105 Å². The minimum absolute atomic E-state index is 0.0938. The van der Waals surface area contributed by atoms with Crippen LogP contribution in [0, 0.1) is 5.82 Å². The Hall–Kier alpha value is -5.55. The molecule has 7 aromatic rings. The quantitative estimate of drug-likeness (QED) is 0.167. The molecular formula is C47H50FN3O.